The molecule has 1 fully saturated rings. The summed E-state index contributed by atoms with van der Waals surface area (Å²) < 4.78 is 0. The Morgan fingerprint density at radius 3 is 2.53 bits per heavy atom. The highest BCUT2D eigenvalue weighted by molar-refractivity contribution is 5.80. The van der Waals surface area contributed by atoms with Crippen molar-refractivity contribution in [1.29, 1.82) is 0 Å². The Bertz CT molecular complexity index is 399. The summed E-state index contributed by atoms with van der Waals surface area (Å²) in [7, 11) is 0. The maximum absolute atomic E-state index is 12.1. The number of carbonyl (C=O) groups excluding carboxylic acids is 1. The Morgan fingerprint density at radius 1 is 1.24 bits per heavy atom. The van der Waals surface area contributed by atoms with Crippen LogP contribution in [0.1, 0.15) is 17.5 Å². The fraction of sp³-hybridized carbons (Fsp3) is 0.500. The molecule has 1 saturated heterocycles. The zero-order valence-corrected chi connectivity index (χ0v) is 9.91. The van der Waals surface area contributed by atoms with E-state index in [-0.39, 0.29) is 11.8 Å². The van der Waals surface area contributed by atoms with Gasteiger partial charge in [-0.15, -0.1) is 0 Å². The summed E-state index contributed by atoms with van der Waals surface area (Å²) in [5.74, 6) is 0.378. The molecule has 0 bridgehead atoms. The SMILES string of the molecule is O=C(NC1CCNC1)C1Cc2ccccc2C1. The molecule has 2 aliphatic rings. The number of carbonyl (C=O) groups is 1. The quantitative estimate of drug-likeness (QED) is 0.792. The summed E-state index contributed by atoms with van der Waals surface area (Å²) in [4.78, 5) is 12.1. The van der Waals surface area contributed by atoms with Crippen LogP contribution in [0.25, 0.3) is 0 Å². The summed E-state index contributed by atoms with van der Waals surface area (Å²) in [6.45, 7) is 1.95. The predicted octanol–water partition coefficient (Wildman–Crippen LogP) is 0.879. The topological polar surface area (TPSA) is 41.1 Å². The van der Waals surface area contributed by atoms with Gasteiger partial charge in [-0.3, -0.25) is 4.79 Å². The lowest BCUT2D eigenvalue weighted by molar-refractivity contribution is -0.125. The van der Waals surface area contributed by atoms with Crippen molar-refractivity contribution in [3.05, 3.63) is 35.4 Å². The Balaban J connectivity index is 1.62. The molecule has 1 aliphatic heterocycles. The molecule has 1 atom stereocenters. The maximum atomic E-state index is 12.1. The third kappa shape index (κ3) is 2.20. The molecule has 1 heterocycles. The standard InChI is InChI=1S/C14H18N2O/c17-14(16-13-5-6-15-9-13)12-7-10-3-1-2-4-11(10)8-12/h1-4,12-13,15H,5-9H2,(H,16,17). The van der Waals surface area contributed by atoms with E-state index in [1.54, 1.807) is 0 Å². The highest BCUT2D eigenvalue weighted by atomic mass is 16.1. The van der Waals surface area contributed by atoms with Crippen LogP contribution in [0.5, 0.6) is 0 Å². The van der Waals surface area contributed by atoms with E-state index >= 15 is 0 Å². The third-order valence-electron chi connectivity index (χ3n) is 3.83. The minimum atomic E-state index is 0.146. The monoisotopic (exact) mass is 230 g/mol. The number of fused-ring (bicyclic) bond motifs is 1. The molecule has 0 aromatic heterocycles. The van der Waals surface area contributed by atoms with Crippen molar-refractivity contribution in [3.8, 4) is 0 Å². The number of hydrogen-bond donors (Lipinski definition) is 2. The fourth-order valence-corrected chi connectivity index (χ4v) is 2.84. The van der Waals surface area contributed by atoms with E-state index in [1.807, 2.05) is 0 Å². The highest BCUT2D eigenvalue weighted by Crippen LogP contribution is 2.26. The van der Waals surface area contributed by atoms with Crippen LogP contribution >= 0.6 is 0 Å². The van der Waals surface area contributed by atoms with Gasteiger partial charge in [0.05, 0.1) is 0 Å². The van der Waals surface area contributed by atoms with Gasteiger partial charge in [-0.05, 0) is 36.9 Å². The van der Waals surface area contributed by atoms with Crippen molar-refractivity contribution < 1.29 is 4.79 Å². The smallest absolute Gasteiger partial charge is 0.224 e. The lowest BCUT2D eigenvalue weighted by Gasteiger charge is -2.15. The van der Waals surface area contributed by atoms with Gasteiger partial charge in [0, 0.05) is 18.5 Å². The Kier molecular flexibility index (Phi) is 2.85. The normalized spacial score (nSPS) is 23.6. The van der Waals surface area contributed by atoms with E-state index < -0.39 is 0 Å². The van der Waals surface area contributed by atoms with E-state index in [0.29, 0.717) is 6.04 Å². The van der Waals surface area contributed by atoms with Crippen LogP contribution in [-0.4, -0.2) is 25.0 Å². The summed E-state index contributed by atoms with van der Waals surface area (Å²) in [6.07, 6.45) is 2.87. The number of benzene rings is 1. The zero-order chi connectivity index (χ0) is 11.7. The van der Waals surface area contributed by atoms with Crippen LogP contribution in [0.2, 0.25) is 0 Å². The van der Waals surface area contributed by atoms with E-state index in [1.165, 1.54) is 11.1 Å². The minimum absolute atomic E-state index is 0.146. The average molecular weight is 230 g/mol. The first-order valence-corrected chi connectivity index (χ1v) is 6.41. The molecule has 1 aliphatic carbocycles. The lowest BCUT2D eigenvalue weighted by atomic mass is 10.0. The Morgan fingerprint density at radius 2 is 1.94 bits per heavy atom. The van der Waals surface area contributed by atoms with Crippen LogP contribution in [0.15, 0.2) is 24.3 Å². The molecule has 1 amide bonds. The van der Waals surface area contributed by atoms with Gasteiger partial charge in [0.2, 0.25) is 5.91 Å². The summed E-state index contributed by atoms with van der Waals surface area (Å²) in [5.41, 5.74) is 2.69. The van der Waals surface area contributed by atoms with Gasteiger partial charge in [-0.25, -0.2) is 0 Å². The van der Waals surface area contributed by atoms with E-state index in [4.69, 9.17) is 0 Å². The number of nitrogens with one attached hydrogen (secondary N) is 2. The van der Waals surface area contributed by atoms with Crippen LogP contribution in [0.4, 0.5) is 0 Å². The maximum Gasteiger partial charge on any atom is 0.224 e. The average Bonchev–Trinajstić information content (AvgIpc) is 2.96. The molecule has 3 nitrogen and oxygen atoms in total. The molecule has 3 heteroatoms. The molecule has 1 aromatic carbocycles. The van der Waals surface area contributed by atoms with Crippen LogP contribution in [-0.2, 0) is 17.6 Å². The predicted molar refractivity (Wildman–Crippen MR) is 66.8 cm³/mol. The van der Waals surface area contributed by atoms with Gasteiger partial charge < -0.3 is 10.6 Å². The van der Waals surface area contributed by atoms with Crippen LogP contribution in [0, 0.1) is 5.92 Å². The van der Waals surface area contributed by atoms with Gasteiger partial charge >= 0.3 is 0 Å². The molecular weight excluding hydrogens is 212 g/mol. The molecule has 17 heavy (non-hydrogen) atoms. The molecule has 3 rings (SSSR count). The molecule has 0 radical (unpaired) electrons. The van der Waals surface area contributed by atoms with Crippen molar-refractivity contribution in [1.82, 2.24) is 10.6 Å². The van der Waals surface area contributed by atoms with Gasteiger partial charge in [-0.1, -0.05) is 24.3 Å². The number of amides is 1. The van der Waals surface area contributed by atoms with Crippen LogP contribution < -0.4 is 10.6 Å². The van der Waals surface area contributed by atoms with Crippen molar-refractivity contribution in [2.45, 2.75) is 25.3 Å². The second-order valence-corrected chi connectivity index (χ2v) is 5.07. The van der Waals surface area contributed by atoms with Crippen LogP contribution in [0.3, 0.4) is 0 Å². The number of rotatable bonds is 2. The van der Waals surface area contributed by atoms with Gasteiger partial charge in [-0.2, -0.15) is 0 Å². The van der Waals surface area contributed by atoms with Crippen molar-refractivity contribution >= 4 is 5.91 Å². The zero-order valence-electron chi connectivity index (χ0n) is 9.91. The van der Waals surface area contributed by atoms with Gasteiger partial charge in [0.15, 0.2) is 0 Å². The fourth-order valence-electron chi connectivity index (χ4n) is 2.84. The molecule has 2 N–H and O–H groups in total. The Labute approximate surface area is 102 Å². The first-order chi connectivity index (χ1) is 8.33. The first kappa shape index (κ1) is 10.8. The number of hydrogen-bond acceptors (Lipinski definition) is 2. The van der Waals surface area contributed by atoms with Gasteiger partial charge in [0.25, 0.3) is 0 Å². The second-order valence-electron chi connectivity index (χ2n) is 5.07. The summed E-state index contributed by atoms with van der Waals surface area (Å²) >= 11 is 0. The van der Waals surface area contributed by atoms with E-state index in [9.17, 15) is 4.79 Å². The third-order valence-corrected chi connectivity index (χ3v) is 3.83. The molecule has 1 unspecified atom stereocenters. The van der Waals surface area contributed by atoms with E-state index in [2.05, 4.69) is 34.9 Å². The first-order valence-electron chi connectivity index (χ1n) is 6.41. The molecule has 1 aromatic rings. The molecule has 0 spiro atoms. The second kappa shape index (κ2) is 4.49. The van der Waals surface area contributed by atoms with Crippen molar-refractivity contribution in [2.24, 2.45) is 5.92 Å². The largest absolute Gasteiger partial charge is 0.352 e. The molecular formula is C14H18N2O. The summed E-state index contributed by atoms with van der Waals surface area (Å²) in [6, 6.07) is 8.73. The highest BCUT2D eigenvalue weighted by Gasteiger charge is 2.28. The van der Waals surface area contributed by atoms with Crippen molar-refractivity contribution in [3.63, 3.8) is 0 Å². The molecule has 90 valence electrons. The Hall–Kier alpha value is -1.35. The van der Waals surface area contributed by atoms with E-state index in [0.717, 1.165) is 32.4 Å². The van der Waals surface area contributed by atoms with Crippen molar-refractivity contribution in [2.75, 3.05) is 13.1 Å². The minimum Gasteiger partial charge on any atom is -0.352 e. The molecule has 0 saturated carbocycles. The summed E-state index contributed by atoms with van der Waals surface area (Å²) in [5, 5.41) is 6.42. The van der Waals surface area contributed by atoms with Gasteiger partial charge in [0.1, 0.15) is 0 Å². The lowest BCUT2D eigenvalue weighted by Crippen LogP contribution is -2.40.